The van der Waals surface area contributed by atoms with Crippen LogP contribution in [-0.2, 0) is 0 Å². The minimum absolute atomic E-state index is 0.0161. The summed E-state index contributed by atoms with van der Waals surface area (Å²) in [6.07, 6.45) is 4.77. The van der Waals surface area contributed by atoms with Crippen molar-refractivity contribution >= 4 is 11.5 Å². The molecule has 1 fully saturated rings. The van der Waals surface area contributed by atoms with Gasteiger partial charge in [-0.3, -0.25) is 10.1 Å². The predicted octanol–water partition coefficient (Wildman–Crippen LogP) is 3.02. The van der Waals surface area contributed by atoms with E-state index in [1.165, 1.54) is 12.3 Å². The molecule has 0 amide bonds. The molecule has 0 atom stereocenters. The SMILES string of the molecule is [N-]=[N+]=NC1CCC(Nc2ccc([N+](=O)[O-])cn2)CC1. The molecule has 1 aromatic heterocycles. The molecule has 1 N–H and O–H groups in total. The van der Waals surface area contributed by atoms with Gasteiger partial charge in [0.2, 0.25) is 0 Å². The zero-order valence-electron chi connectivity index (χ0n) is 10.3. The lowest BCUT2D eigenvalue weighted by molar-refractivity contribution is -0.385. The van der Waals surface area contributed by atoms with E-state index in [-0.39, 0.29) is 17.8 Å². The molecule has 1 aliphatic rings. The lowest BCUT2D eigenvalue weighted by Crippen LogP contribution is -2.27. The van der Waals surface area contributed by atoms with Crippen molar-refractivity contribution in [2.75, 3.05) is 5.32 Å². The van der Waals surface area contributed by atoms with E-state index in [4.69, 9.17) is 5.53 Å². The molecule has 8 heteroatoms. The third kappa shape index (κ3) is 3.56. The Morgan fingerprint density at radius 3 is 2.68 bits per heavy atom. The van der Waals surface area contributed by atoms with Crippen molar-refractivity contribution in [3.8, 4) is 0 Å². The molecular weight excluding hydrogens is 248 g/mol. The molecular formula is C11H14N6O2. The smallest absolute Gasteiger partial charge is 0.287 e. The van der Waals surface area contributed by atoms with Crippen molar-refractivity contribution in [1.82, 2.24) is 4.98 Å². The minimum atomic E-state index is -0.470. The third-order valence-corrected chi connectivity index (χ3v) is 3.22. The number of aromatic nitrogens is 1. The van der Waals surface area contributed by atoms with Gasteiger partial charge >= 0.3 is 0 Å². The van der Waals surface area contributed by atoms with Gasteiger partial charge in [0.05, 0.1) is 4.92 Å². The van der Waals surface area contributed by atoms with Gasteiger partial charge in [-0.15, -0.1) is 0 Å². The maximum absolute atomic E-state index is 10.5. The first-order valence-electron chi connectivity index (χ1n) is 6.10. The summed E-state index contributed by atoms with van der Waals surface area (Å²) in [7, 11) is 0. The van der Waals surface area contributed by atoms with E-state index in [2.05, 4.69) is 20.3 Å². The zero-order valence-corrected chi connectivity index (χ0v) is 10.3. The molecule has 1 aliphatic carbocycles. The maximum Gasteiger partial charge on any atom is 0.287 e. The van der Waals surface area contributed by atoms with Crippen LogP contribution in [0.3, 0.4) is 0 Å². The zero-order chi connectivity index (χ0) is 13.7. The van der Waals surface area contributed by atoms with Crippen molar-refractivity contribution in [3.05, 3.63) is 38.9 Å². The molecule has 1 aromatic rings. The number of anilines is 1. The Kier molecular flexibility index (Phi) is 4.15. The molecule has 1 saturated carbocycles. The Morgan fingerprint density at radius 2 is 2.16 bits per heavy atom. The Balaban J connectivity index is 1.88. The summed E-state index contributed by atoms with van der Waals surface area (Å²) >= 11 is 0. The van der Waals surface area contributed by atoms with E-state index in [9.17, 15) is 10.1 Å². The Morgan fingerprint density at radius 1 is 1.42 bits per heavy atom. The summed E-state index contributed by atoms with van der Waals surface area (Å²) in [5, 5.41) is 17.5. The molecule has 0 aromatic carbocycles. The lowest BCUT2D eigenvalue weighted by atomic mass is 9.92. The van der Waals surface area contributed by atoms with Gasteiger partial charge in [0.1, 0.15) is 12.0 Å². The summed E-state index contributed by atoms with van der Waals surface area (Å²) in [5.74, 6) is 0.637. The minimum Gasteiger partial charge on any atom is -0.367 e. The third-order valence-electron chi connectivity index (χ3n) is 3.22. The molecule has 0 saturated heterocycles. The summed E-state index contributed by atoms with van der Waals surface area (Å²) in [4.78, 5) is 16.9. The number of nitrogens with zero attached hydrogens (tertiary/aromatic N) is 5. The highest BCUT2D eigenvalue weighted by molar-refractivity contribution is 5.40. The second-order valence-electron chi connectivity index (χ2n) is 4.51. The Hall–Kier alpha value is -2.34. The van der Waals surface area contributed by atoms with Crippen LogP contribution < -0.4 is 5.32 Å². The highest BCUT2D eigenvalue weighted by Crippen LogP contribution is 2.24. The second-order valence-corrected chi connectivity index (χ2v) is 4.51. The normalized spacial score (nSPS) is 22.3. The lowest BCUT2D eigenvalue weighted by Gasteiger charge is -2.26. The molecule has 2 rings (SSSR count). The predicted molar refractivity (Wildman–Crippen MR) is 69.7 cm³/mol. The van der Waals surface area contributed by atoms with E-state index < -0.39 is 4.92 Å². The summed E-state index contributed by atoms with van der Waals surface area (Å²) in [5.41, 5.74) is 8.35. The van der Waals surface area contributed by atoms with E-state index in [0.717, 1.165) is 25.7 Å². The molecule has 0 aliphatic heterocycles. The highest BCUT2D eigenvalue weighted by Gasteiger charge is 2.20. The first-order valence-corrected chi connectivity index (χ1v) is 6.10. The van der Waals surface area contributed by atoms with Crippen molar-refractivity contribution < 1.29 is 4.92 Å². The summed E-state index contributed by atoms with van der Waals surface area (Å²) < 4.78 is 0. The Bertz CT molecular complexity index is 488. The van der Waals surface area contributed by atoms with Gasteiger partial charge in [-0.2, -0.15) is 0 Å². The quantitative estimate of drug-likeness (QED) is 0.295. The molecule has 0 unspecified atom stereocenters. The fourth-order valence-electron chi connectivity index (χ4n) is 2.20. The van der Waals surface area contributed by atoms with Crippen LogP contribution in [0.5, 0.6) is 0 Å². The first-order chi connectivity index (χ1) is 9.19. The van der Waals surface area contributed by atoms with Gasteiger partial charge in [0.15, 0.2) is 0 Å². The summed E-state index contributed by atoms with van der Waals surface area (Å²) in [6.45, 7) is 0. The second kappa shape index (κ2) is 6.01. The number of pyridine rings is 1. The van der Waals surface area contributed by atoms with E-state index in [1.54, 1.807) is 6.07 Å². The average Bonchev–Trinajstić information content (AvgIpc) is 2.42. The van der Waals surface area contributed by atoms with Gasteiger partial charge in [0.25, 0.3) is 5.69 Å². The van der Waals surface area contributed by atoms with Crippen LogP contribution in [-0.4, -0.2) is 22.0 Å². The van der Waals surface area contributed by atoms with Crippen LogP contribution in [0.4, 0.5) is 11.5 Å². The van der Waals surface area contributed by atoms with Gasteiger partial charge < -0.3 is 5.32 Å². The number of azide groups is 1. The van der Waals surface area contributed by atoms with Crippen molar-refractivity contribution in [2.24, 2.45) is 5.11 Å². The fourth-order valence-corrected chi connectivity index (χ4v) is 2.20. The van der Waals surface area contributed by atoms with Crippen molar-refractivity contribution in [3.63, 3.8) is 0 Å². The summed E-state index contributed by atoms with van der Waals surface area (Å²) in [6, 6.07) is 3.41. The van der Waals surface area contributed by atoms with Crippen molar-refractivity contribution in [1.29, 1.82) is 0 Å². The van der Waals surface area contributed by atoms with Crippen LogP contribution in [0.1, 0.15) is 25.7 Å². The monoisotopic (exact) mass is 262 g/mol. The molecule has 19 heavy (non-hydrogen) atoms. The largest absolute Gasteiger partial charge is 0.367 e. The molecule has 0 spiro atoms. The maximum atomic E-state index is 10.5. The van der Waals surface area contributed by atoms with E-state index in [1.807, 2.05) is 0 Å². The number of nitrogens with one attached hydrogen (secondary N) is 1. The van der Waals surface area contributed by atoms with Crippen LogP contribution in [0.25, 0.3) is 10.4 Å². The molecule has 100 valence electrons. The fraction of sp³-hybridized carbons (Fsp3) is 0.545. The van der Waals surface area contributed by atoms with Crippen LogP contribution >= 0.6 is 0 Å². The van der Waals surface area contributed by atoms with Gasteiger partial charge in [-0.25, -0.2) is 4.98 Å². The highest BCUT2D eigenvalue weighted by atomic mass is 16.6. The van der Waals surface area contributed by atoms with Gasteiger partial charge in [-0.1, -0.05) is 5.11 Å². The molecule has 0 bridgehead atoms. The number of hydrogen-bond donors (Lipinski definition) is 1. The molecule has 1 heterocycles. The standard InChI is InChI=1S/C11H14N6O2/c12-16-15-9-3-1-8(2-4-9)14-11-6-5-10(7-13-11)17(18)19/h5-9H,1-4H2,(H,13,14). The first kappa shape index (κ1) is 13.1. The topological polar surface area (TPSA) is 117 Å². The van der Waals surface area contributed by atoms with Crippen LogP contribution in [0.15, 0.2) is 23.4 Å². The van der Waals surface area contributed by atoms with Crippen LogP contribution in [0.2, 0.25) is 0 Å². The average molecular weight is 262 g/mol. The van der Waals surface area contributed by atoms with Gasteiger partial charge in [-0.05, 0) is 37.3 Å². The Labute approximate surface area is 109 Å². The molecule has 8 nitrogen and oxygen atoms in total. The number of hydrogen-bond acceptors (Lipinski definition) is 5. The van der Waals surface area contributed by atoms with Gasteiger partial charge in [0, 0.05) is 23.1 Å². The molecule has 0 radical (unpaired) electrons. The van der Waals surface area contributed by atoms with Crippen molar-refractivity contribution in [2.45, 2.75) is 37.8 Å². The number of nitro groups is 1. The number of rotatable bonds is 4. The van der Waals surface area contributed by atoms with Crippen LogP contribution in [0, 0.1) is 10.1 Å². The van der Waals surface area contributed by atoms with E-state index in [0.29, 0.717) is 5.82 Å². The van der Waals surface area contributed by atoms with E-state index >= 15 is 0 Å².